The SMILES string of the molecule is Cc1cccc2[n+]1CC(Cl)CC2.[Cl-]. The molecular weight excluding hydrogens is 205 g/mol. The maximum atomic E-state index is 6.10. The van der Waals surface area contributed by atoms with Crippen LogP contribution in [0.15, 0.2) is 18.2 Å². The molecule has 0 bridgehead atoms. The van der Waals surface area contributed by atoms with E-state index in [2.05, 4.69) is 29.7 Å². The van der Waals surface area contributed by atoms with Gasteiger partial charge in [-0.15, -0.1) is 11.6 Å². The summed E-state index contributed by atoms with van der Waals surface area (Å²) in [5.74, 6) is 0. The molecule has 1 aliphatic rings. The largest absolute Gasteiger partial charge is 1.00 e. The Balaban J connectivity index is 0.000000845. The lowest BCUT2D eigenvalue weighted by Crippen LogP contribution is -3.00. The van der Waals surface area contributed by atoms with E-state index >= 15 is 0 Å². The van der Waals surface area contributed by atoms with E-state index in [1.165, 1.54) is 11.4 Å². The molecular formula is C10H13Cl2N. The molecule has 1 aromatic heterocycles. The van der Waals surface area contributed by atoms with Gasteiger partial charge in [-0.25, -0.2) is 0 Å². The number of aromatic nitrogens is 1. The lowest BCUT2D eigenvalue weighted by molar-refractivity contribution is -0.714. The molecule has 3 heteroatoms. The molecule has 0 aliphatic carbocycles. The minimum absolute atomic E-state index is 0. The number of hydrogen-bond donors (Lipinski definition) is 0. The van der Waals surface area contributed by atoms with Gasteiger partial charge < -0.3 is 12.4 Å². The number of hydrogen-bond acceptors (Lipinski definition) is 0. The molecule has 72 valence electrons. The Morgan fingerprint density at radius 3 is 3.00 bits per heavy atom. The molecule has 1 nitrogen and oxygen atoms in total. The van der Waals surface area contributed by atoms with Crippen LogP contribution in [0.3, 0.4) is 0 Å². The van der Waals surface area contributed by atoms with Crippen LogP contribution in [0.25, 0.3) is 0 Å². The van der Waals surface area contributed by atoms with E-state index in [1.54, 1.807) is 0 Å². The lowest BCUT2D eigenvalue weighted by Gasteiger charge is -2.15. The van der Waals surface area contributed by atoms with Gasteiger partial charge in [0.15, 0.2) is 17.9 Å². The van der Waals surface area contributed by atoms with Crippen molar-refractivity contribution in [1.82, 2.24) is 0 Å². The van der Waals surface area contributed by atoms with Gasteiger partial charge in [-0.05, 0) is 12.5 Å². The first-order chi connectivity index (χ1) is 5.77. The molecule has 2 rings (SSSR count). The van der Waals surface area contributed by atoms with Crippen molar-refractivity contribution in [3.05, 3.63) is 29.6 Å². The van der Waals surface area contributed by atoms with Gasteiger partial charge in [0.25, 0.3) is 0 Å². The van der Waals surface area contributed by atoms with Crippen LogP contribution in [0.1, 0.15) is 17.8 Å². The smallest absolute Gasteiger partial charge is 0.181 e. The van der Waals surface area contributed by atoms with Gasteiger partial charge in [-0.2, -0.15) is 4.57 Å². The third-order valence-corrected chi connectivity index (χ3v) is 2.85. The summed E-state index contributed by atoms with van der Waals surface area (Å²) in [6.07, 6.45) is 2.24. The Morgan fingerprint density at radius 2 is 2.23 bits per heavy atom. The van der Waals surface area contributed by atoms with E-state index < -0.39 is 0 Å². The van der Waals surface area contributed by atoms with Crippen LogP contribution < -0.4 is 17.0 Å². The predicted molar refractivity (Wildman–Crippen MR) is 49.3 cm³/mol. The van der Waals surface area contributed by atoms with Gasteiger partial charge in [0.2, 0.25) is 0 Å². The molecule has 0 N–H and O–H groups in total. The summed E-state index contributed by atoms with van der Waals surface area (Å²) in [6.45, 7) is 3.11. The van der Waals surface area contributed by atoms with Crippen molar-refractivity contribution in [3.63, 3.8) is 0 Å². The first-order valence-corrected chi connectivity index (χ1v) is 4.83. The van der Waals surface area contributed by atoms with Crippen molar-refractivity contribution < 1.29 is 17.0 Å². The van der Waals surface area contributed by atoms with Crippen molar-refractivity contribution in [2.45, 2.75) is 31.7 Å². The van der Waals surface area contributed by atoms with Crippen molar-refractivity contribution >= 4 is 11.6 Å². The number of aryl methyl sites for hydroxylation is 2. The van der Waals surface area contributed by atoms with Crippen LogP contribution in [0.4, 0.5) is 0 Å². The van der Waals surface area contributed by atoms with E-state index in [9.17, 15) is 0 Å². The van der Waals surface area contributed by atoms with Crippen LogP contribution >= 0.6 is 11.6 Å². The first-order valence-electron chi connectivity index (χ1n) is 4.40. The monoisotopic (exact) mass is 217 g/mol. The minimum Gasteiger partial charge on any atom is -1.00 e. The molecule has 0 fully saturated rings. The Morgan fingerprint density at radius 1 is 1.46 bits per heavy atom. The van der Waals surface area contributed by atoms with Gasteiger partial charge in [-0.3, -0.25) is 0 Å². The van der Waals surface area contributed by atoms with Gasteiger partial charge in [-0.1, -0.05) is 0 Å². The molecule has 1 aromatic rings. The lowest BCUT2D eigenvalue weighted by atomic mass is 10.1. The van der Waals surface area contributed by atoms with Gasteiger partial charge in [0.05, 0.1) is 5.38 Å². The fraction of sp³-hybridized carbons (Fsp3) is 0.500. The third-order valence-electron chi connectivity index (χ3n) is 2.49. The number of pyridine rings is 1. The fourth-order valence-electron chi connectivity index (χ4n) is 1.78. The maximum absolute atomic E-state index is 6.10. The molecule has 0 saturated carbocycles. The van der Waals surface area contributed by atoms with E-state index in [4.69, 9.17) is 11.6 Å². The van der Waals surface area contributed by atoms with Gasteiger partial charge in [0, 0.05) is 25.5 Å². The summed E-state index contributed by atoms with van der Waals surface area (Å²) in [5.41, 5.74) is 2.74. The van der Waals surface area contributed by atoms with Crippen LogP contribution in [-0.2, 0) is 13.0 Å². The van der Waals surface area contributed by atoms with E-state index in [-0.39, 0.29) is 12.4 Å². The number of fused-ring (bicyclic) bond motifs is 1. The second kappa shape index (κ2) is 4.30. The number of halogens is 2. The second-order valence-electron chi connectivity index (χ2n) is 3.41. The highest BCUT2D eigenvalue weighted by molar-refractivity contribution is 6.20. The zero-order valence-corrected chi connectivity index (χ0v) is 9.15. The fourth-order valence-corrected chi connectivity index (χ4v) is 2.03. The van der Waals surface area contributed by atoms with Crippen molar-refractivity contribution in [1.29, 1.82) is 0 Å². The first kappa shape index (κ1) is 10.8. The normalized spacial score (nSPS) is 20.3. The Bertz CT molecular complexity index is 299. The molecule has 0 radical (unpaired) electrons. The van der Waals surface area contributed by atoms with Crippen LogP contribution in [0.5, 0.6) is 0 Å². The summed E-state index contributed by atoms with van der Waals surface area (Å²) in [4.78, 5) is 0. The summed E-state index contributed by atoms with van der Waals surface area (Å²) in [7, 11) is 0. The zero-order chi connectivity index (χ0) is 8.55. The van der Waals surface area contributed by atoms with Crippen LogP contribution in [-0.4, -0.2) is 5.38 Å². The standard InChI is InChI=1S/C10H13ClN.ClH/c1-8-3-2-4-10-6-5-9(11)7-12(8)10;/h2-4,9H,5-7H2,1H3;1H/q+1;/p-1. The number of alkyl halides is 1. The van der Waals surface area contributed by atoms with Crippen LogP contribution in [0.2, 0.25) is 0 Å². The number of nitrogens with zero attached hydrogens (tertiary/aromatic N) is 1. The average Bonchev–Trinajstić information content (AvgIpc) is 2.07. The molecule has 1 unspecified atom stereocenters. The van der Waals surface area contributed by atoms with E-state index in [1.807, 2.05) is 0 Å². The predicted octanol–water partition coefficient (Wildman–Crippen LogP) is -1.16. The van der Waals surface area contributed by atoms with Crippen molar-refractivity contribution in [2.75, 3.05) is 0 Å². The summed E-state index contributed by atoms with van der Waals surface area (Å²) in [5, 5.41) is 0.323. The Labute approximate surface area is 90.1 Å². The summed E-state index contributed by atoms with van der Waals surface area (Å²) >= 11 is 6.10. The number of rotatable bonds is 0. The highest BCUT2D eigenvalue weighted by Gasteiger charge is 2.23. The molecule has 0 saturated heterocycles. The summed E-state index contributed by atoms with van der Waals surface area (Å²) < 4.78 is 2.32. The third kappa shape index (κ3) is 2.15. The molecule has 1 atom stereocenters. The Kier molecular flexibility index (Phi) is 3.57. The maximum Gasteiger partial charge on any atom is 0.181 e. The minimum atomic E-state index is 0. The molecule has 0 aromatic carbocycles. The van der Waals surface area contributed by atoms with E-state index in [0.717, 1.165) is 19.4 Å². The quantitative estimate of drug-likeness (QED) is 0.382. The average molecular weight is 218 g/mol. The zero-order valence-electron chi connectivity index (χ0n) is 7.63. The molecule has 0 spiro atoms. The second-order valence-corrected chi connectivity index (χ2v) is 4.02. The summed E-state index contributed by atoms with van der Waals surface area (Å²) in [6, 6.07) is 6.45. The molecule has 1 aliphatic heterocycles. The highest BCUT2D eigenvalue weighted by atomic mass is 35.5. The highest BCUT2D eigenvalue weighted by Crippen LogP contribution is 2.13. The van der Waals surface area contributed by atoms with Gasteiger partial charge >= 0.3 is 0 Å². The molecule has 13 heavy (non-hydrogen) atoms. The van der Waals surface area contributed by atoms with Crippen LogP contribution in [0, 0.1) is 6.92 Å². The van der Waals surface area contributed by atoms with Gasteiger partial charge in [0.1, 0.15) is 0 Å². The van der Waals surface area contributed by atoms with E-state index in [0.29, 0.717) is 5.38 Å². The van der Waals surface area contributed by atoms with Crippen molar-refractivity contribution in [2.24, 2.45) is 0 Å². The topological polar surface area (TPSA) is 3.88 Å². The Hall–Kier alpha value is -0.270. The molecule has 2 heterocycles. The van der Waals surface area contributed by atoms with Crippen molar-refractivity contribution in [3.8, 4) is 0 Å². The molecule has 0 amide bonds.